The van der Waals surface area contributed by atoms with Crippen LogP contribution in [0.25, 0.3) is 0 Å². The molecule has 0 saturated carbocycles. The van der Waals surface area contributed by atoms with Gasteiger partial charge in [-0.2, -0.15) is 0 Å². The minimum absolute atomic E-state index is 0.0370. The zero-order chi connectivity index (χ0) is 17.2. The fraction of sp³-hybridized carbons (Fsp3) is 0.556. The van der Waals surface area contributed by atoms with Crippen molar-refractivity contribution in [2.24, 2.45) is 4.99 Å². The number of amides is 1. The Morgan fingerprint density at radius 2 is 2.00 bits per heavy atom. The maximum atomic E-state index is 12.0. The second kappa shape index (κ2) is 9.87. The lowest BCUT2D eigenvalue weighted by atomic mass is 10.1. The molecule has 0 bridgehead atoms. The third kappa shape index (κ3) is 6.30. The van der Waals surface area contributed by atoms with Gasteiger partial charge in [0.2, 0.25) is 0 Å². The lowest BCUT2D eigenvalue weighted by Gasteiger charge is -2.21. The van der Waals surface area contributed by atoms with Gasteiger partial charge in [0.05, 0.1) is 0 Å². The number of hydrogen-bond donors (Lipinski definition) is 1. The molecule has 0 aliphatic rings. The number of guanidine groups is 1. The number of hydrogen-bond acceptors (Lipinski definition) is 2. The zero-order valence-electron chi connectivity index (χ0n) is 15.1. The number of benzene rings is 1. The summed E-state index contributed by atoms with van der Waals surface area (Å²) in [5.74, 6) is 0.953. The van der Waals surface area contributed by atoms with Gasteiger partial charge in [-0.15, -0.1) is 0 Å². The number of rotatable bonds is 7. The van der Waals surface area contributed by atoms with Gasteiger partial charge in [-0.1, -0.05) is 25.5 Å². The zero-order valence-corrected chi connectivity index (χ0v) is 15.1. The van der Waals surface area contributed by atoms with Crippen molar-refractivity contribution in [2.75, 3.05) is 41.3 Å². The standard InChI is InChI=1S/C18H30N4O/c1-6-7-13-22(5)18(19-2)20-12-11-15-9-8-10-16(14-15)17(23)21(3)4/h8-10,14H,6-7,11-13H2,1-5H3,(H,19,20). The predicted molar refractivity (Wildman–Crippen MR) is 97.1 cm³/mol. The largest absolute Gasteiger partial charge is 0.356 e. The summed E-state index contributed by atoms with van der Waals surface area (Å²) in [5.41, 5.74) is 1.88. The van der Waals surface area contributed by atoms with Gasteiger partial charge >= 0.3 is 0 Å². The third-order valence-corrected chi connectivity index (χ3v) is 3.70. The Bertz CT molecular complexity index is 526. The molecule has 0 fully saturated rings. The van der Waals surface area contributed by atoms with Crippen molar-refractivity contribution in [1.29, 1.82) is 0 Å². The van der Waals surface area contributed by atoms with E-state index in [0.717, 1.165) is 43.0 Å². The monoisotopic (exact) mass is 318 g/mol. The number of nitrogens with zero attached hydrogens (tertiary/aromatic N) is 3. The maximum Gasteiger partial charge on any atom is 0.253 e. The van der Waals surface area contributed by atoms with E-state index in [9.17, 15) is 4.79 Å². The Labute approximate surface area is 140 Å². The molecule has 0 aliphatic heterocycles. The Morgan fingerprint density at radius 1 is 1.26 bits per heavy atom. The molecular weight excluding hydrogens is 288 g/mol. The van der Waals surface area contributed by atoms with Gasteiger partial charge in [0, 0.05) is 46.8 Å². The number of aliphatic imine (C=N–C) groups is 1. The minimum atomic E-state index is 0.0370. The molecule has 128 valence electrons. The van der Waals surface area contributed by atoms with E-state index in [2.05, 4.69) is 35.2 Å². The molecule has 0 spiro atoms. The molecule has 0 heterocycles. The summed E-state index contributed by atoms with van der Waals surface area (Å²) in [4.78, 5) is 20.1. The summed E-state index contributed by atoms with van der Waals surface area (Å²) in [7, 11) is 7.40. The molecule has 0 unspecified atom stereocenters. The van der Waals surface area contributed by atoms with Crippen LogP contribution in [0.3, 0.4) is 0 Å². The molecule has 1 aromatic rings. The first kappa shape index (κ1) is 19.0. The van der Waals surface area contributed by atoms with Crippen molar-refractivity contribution in [2.45, 2.75) is 26.2 Å². The highest BCUT2D eigenvalue weighted by Crippen LogP contribution is 2.07. The van der Waals surface area contributed by atoms with Crippen LogP contribution >= 0.6 is 0 Å². The topological polar surface area (TPSA) is 47.9 Å². The molecular formula is C18H30N4O. The van der Waals surface area contributed by atoms with E-state index in [1.54, 1.807) is 26.0 Å². The molecule has 5 nitrogen and oxygen atoms in total. The van der Waals surface area contributed by atoms with Crippen molar-refractivity contribution in [1.82, 2.24) is 15.1 Å². The predicted octanol–water partition coefficient (Wildman–Crippen LogP) is 2.24. The second-order valence-corrected chi connectivity index (χ2v) is 5.90. The van der Waals surface area contributed by atoms with Gasteiger partial charge in [0.15, 0.2) is 5.96 Å². The van der Waals surface area contributed by atoms with Crippen molar-refractivity contribution >= 4 is 11.9 Å². The number of unbranched alkanes of at least 4 members (excludes halogenated alkanes) is 1. The summed E-state index contributed by atoms with van der Waals surface area (Å²) >= 11 is 0. The average molecular weight is 318 g/mol. The van der Waals surface area contributed by atoms with Crippen LogP contribution in [0.15, 0.2) is 29.3 Å². The maximum absolute atomic E-state index is 12.0. The fourth-order valence-electron chi connectivity index (χ4n) is 2.32. The van der Waals surface area contributed by atoms with E-state index < -0.39 is 0 Å². The summed E-state index contributed by atoms with van der Waals surface area (Å²) in [6.07, 6.45) is 3.19. The van der Waals surface area contributed by atoms with E-state index in [0.29, 0.717) is 0 Å². The van der Waals surface area contributed by atoms with Crippen LogP contribution in [-0.4, -0.2) is 62.9 Å². The Morgan fingerprint density at radius 3 is 2.61 bits per heavy atom. The lowest BCUT2D eigenvalue weighted by molar-refractivity contribution is 0.0827. The van der Waals surface area contributed by atoms with E-state index in [-0.39, 0.29) is 5.91 Å². The summed E-state index contributed by atoms with van der Waals surface area (Å²) in [6.45, 7) is 3.98. The SMILES string of the molecule is CCCCN(C)C(=NC)NCCc1cccc(C(=O)N(C)C)c1. The quantitative estimate of drug-likeness (QED) is 0.619. The van der Waals surface area contributed by atoms with Crippen LogP contribution in [0.5, 0.6) is 0 Å². The third-order valence-electron chi connectivity index (χ3n) is 3.70. The molecule has 1 N–H and O–H groups in total. The van der Waals surface area contributed by atoms with Gasteiger partial charge in [0.25, 0.3) is 5.91 Å². The van der Waals surface area contributed by atoms with Crippen molar-refractivity contribution < 1.29 is 4.79 Å². The Kier molecular flexibility index (Phi) is 8.16. The van der Waals surface area contributed by atoms with E-state index in [1.807, 2.05) is 18.2 Å². The highest BCUT2D eigenvalue weighted by molar-refractivity contribution is 5.94. The number of nitrogens with one attached hydrogen (secondary N) is 1. The summed E-state index contributed by atoms with van der Waals surface area (Å²) in [6, 6.07) is 7.82. The fourth-order valence-corrected chi connectivity index (χ4v) is 2.32. The minimum Gasteiger partial charge on any atom is -0.356 e. The van der Waals surface area contributed by atoms with Gasteiger partial charge < -0.3 is 15.1 Å². The van der Waals surface area contributed by atoms with Crippen LogP contribution in [0.1, 0.15) is 35.7 Å². The molecule has 0 saturated heterocycles. The normalized spacial score (nSPS) is 11.3. The van der Waals surface area contributed by atoms with Gasteiger partial charge in [-0.25, -0.2) is 0 Å². The first-order chi connectivity index (χ1) is 11.0. The molecule has 0 aliphatic carbocycles. The molecule has 0 aromatic heterocycles. The smallest absolute Gasteiger partial charge is 0.253 e. The number of carbonyl (C=O) groups excluding carboxylic acids is 1. The molecule has 0 atom stereocenters. The van der Waals surface area contributed by atoms with E-state index in [1.165, 1.54) is 6.42 Å². The Balaban J connectivity index is 2.55. The van der Waals surface area contributed by atoms with Crippen molar-refractivity contribution in [3.63, 3.8) is 0 Å². The average Bonchev–Trinajstić information content (AvgIpc) is 2.56. The van der Waals surface area contributed by atoms with Crippen LogP contribution < -0.4 is 5.32 Å². The molecule has 1 rings (SSSR count). The van der Waals surface area contributed by atoms with Gasteiger partial charge in [0.1, 0.15) is 0 Å². The molecule has 1 amide bonds. The molecule has 0 radical (unpaired) electrons. The van der Waals surface area contributed by atoms with Crippen molar-refractivity contribution in [3.8, 4) is 0 Å². The first-order valence-corrected chi connectivity index (χ1v) is 8.22. The van der Waals surface area contributed by atoms with E-state index in [4.69, 9.17) is 0 Å². The highest BCUT2D eigenvalue weighted by Gasteiger charge is 2.08. The van der Waals surface area contributed by atoms with Crippen LogP contribution in [0, 0.1) is 0 Å². The van der Waals surface area contributed by atoms with Crippen molar-refractivity contribution in [3.05, 3.63) is 35.4 Å². The van der Waals surface area contributed by atoms with Crippen LogP contribution in [-0.2, 0) is 6.42 Å². The number of carbonyl (C=O) groups is 1. The van der Waals surface area contributed by atoms with Crippen LogP contribution in [0.4, 0.5) is 0 Å². The van der Waals surface area contributed by atoms with Crippen LogP contribution in [0.2, 0.25) is 0 Å². The molecule has 5 heteroatoms. The highest BCUT2D eigenvalue weighted by atomic mass is 16.2. The second-order valence-electron chi connectivity index (χ2n) is 5.90. The van der Waals surface area contributed by atoms with Gasteiger partial charge in [-0.3, -0.25) is 9.79 Å². The lowest BCUT2D eigenvalue weighted by Crippen LogP contribution is -2.40. The van der Waals surface area contributed by atoms with Gasteiger partial charge in [-0.05, 0) is 30.5 Å². The molecule has 1 aromatic carbocycles. The summed E-state index contributed by atoms with van der Waals surface area (Å²) < 4.78 is 0. The van der Waals surface area contributed by atoms with E-state index >= 15 is 0 Å². The molecule has 23 heavy (non-hydrogen) atoms. The first-order valence-electron chi connectivity index (χ1n) is 8.22. The Hall–Kier alpha value is -2.04. The summed E-state index contributed by atoms with van der Waals surface area (Å²) in [5, 5.41) is 3.38.